The maximum Gasteiger partial charge on any atom is 0.000480 e. The number of rotatable bonds is 13. The molecule has 0 saturated heterocycles. The smallest absolute Gasteiger partial charge is 0.000480 e. The molecule has 0 aromatic heterocycles. The molecule has 0 heterocycles. The van der Waals surface area contributed by atoms with Crippen LogP contribution < -0.4 is 5.32 Å². The molecule has 0 unspecified atom stereocenters. The van der Waals surface area contributed by atoms with Gasteiger partial charge >= 0.3 is 0 Å². The van der Waals surface area contributed by atoms with Gasteiger partial charge in [-0.2, -0.15) is 0 Å². The van der Waals surface area contributed by atoms with Gasteiger partial charge < -0.3 is 5.32 Å². The van der Waals surface area contributed by atoms with E-state index in [-0.39, 0.29) is 0 Å². The SMILES string of the molecule is CCCCCCCCCCCCC1(CNC)CCCCC1. The fourth-order valence-corrected chi connectivity index (χ4v) is 4.18. The molecule has 1 aliphatic carbocycles. The first kappa shape index (κ1) is 19.0. The van der Waals surface area contributed by atoms with Crippen LogP contribution in [-0.4, -0.2) is 13.6 Å². The highest BCUT2D eigenvalue weighted by Gasteiger charge is 2.30. The fraction of sp³-hybridized carbons (Fsp3) is 1.00. The van der Waals surface area contributed by atoms with Crippen molar-refractivity contribution in [3.05, 3.63) is 0 Å². The average molecular weight is 296 g/mol. The fourth-order valence-electron chi connectivity index (χ4n) is 4.18. The molecular weight excluding hydrogens is 254 g/mol. The van der Waals surface area contributed by atoms with Crippen LogP contribution in [0.5, 0.6) is 0 Å². The zero-order chi connectivity index (χ0) is 15.2. The van der Waals surface area contributed by atoms with E-state index >= 15 is 0 Å². The summed E-state index contributed by atoms with van der Waals surface area (Å²) in [6.45, 7) is 3.55. The van der Waals surface area contributed by atoms with E-state index in [1.807, 2.05) is 0 Å². The Labute approximate surface area is 134 Å². The molecule has 1 heteroatoms. The van der Waals surface area contributed by atoms with Crippen LogP contribution in [-0.2, 0) is 0 Å². The van der Waals surface area contributed by atoms with Crippen LogP contribution >= 0.6 is 0 Å². The van der Waals surface area contributed by atoms with Crippen molar-refractivity contribution in [3.63, 3.8) is 0 Å². The van der Waals surface area contributed by atoms with E-state index < -0.39 is 0 Å². The Kier molecular flexibility index (Phi) is 11.3. The van der Waals surface area contributed by atoms with E-state index in [2.05, 4.69) is 19.3 Å². The van der Waals surface area contributed by atoms with Crippen molar-refractivity contribution in [2.75, 3.05) is 13.6 Å². The minimum atomic E-state index is 0.660. The van der Waals surface area contributed by atoms with Crippen molar-refractivity contribution >= 4 is 0 Å². The molecule has 126 valence electrons. The van der Waals surface area contributed by atoms with E-state index in [1.54, 1.807) is 0 Å². The molecule has 0 atom stereocenters. The molecule has 0 spiro atoms. The molecule has 0 amide bonds. The van der Waals surface area contributed by atoms with Gasteiger partial charge in [0.1, 0.15) is 0 Å². The molecule has 1 aliphatic rings. The molecule has 1 fully saturated rings. The number of nitrogens with one attached hydrogen (secondary N) is 1. The third-order valence-electron chi connectivity index (χ3n) is 5.53. The van der Waals surface area contributed by atoms with Gasteiger partial charge in [-0.25, -0.2) is 0 Å². The van der Waals surface area contributed by atoms with Gasteiger partial charge in [-0.15, -0.1) is 0 Å². The Hall–Kier alpha value is -0.0400. The van der Waals surface area contributed by atoms with Crippen molar-refractivity contribution in [3.8, 4) is 0 Å². The van der Waals surface area contributed by atoms with Gasteiger partial charge in [0, 0.05) is 6.54 Å². The highest BCUT2D eigenvalue weighted by atomic mass is 14.8. The largest absolute Gasteiger partial charge is 0.319 e. The van der Waals surface area contributed by atoms with E-state index in [0.717, 1.165) is 0 Å². The summed E-state index contributed by atoms with van der Waals surface area (Å²) in [6, 6.07) is 0. The summed E-state index contributed by atoms with van der Waals surface area (Å²) in [5.41, 5.74) is 0.660. The van der Waals surface area contributed by atoms with Crippen molar-refractivity contribution in [1.82, 2.24) is 5.32 Å². The van der Waals surface area contributed by atoms with E-state index in [9.17, 15) is 0 Å². The maximum atomic E-state index is 3.46. The second-order valence-electron chi connectivity index (χ2n) is 7.52. The van der Waals surface area contributed by atoms with Crippen LogP contribution in [0.4, 0.5) is 0 Å². The summed E-state index contributed by atoms with van der Waals surface area (Å²) in [7, 11) is 2.13. The summed E-state index contributed by atoms with van der Waals surface area (Å²) >= 11 is 0. The Balaban J connectivity index is 1.96. The second kappa shape index (κ2) is 12.5. The molecule has 1 nitrogen and oxygen atoms in total. The molecule has 1 N–H and O–H groups in total. The standard InChI is InChI=1S/C20H41N/c1-3-4-5-6-7-8-9-10-11-13-16-20(19-21-2)17-14-12-15-18-20/h21H,3-19H2,1-2H3. The van der Waals surface area contributed by atoms with Crippen molar-refractivity contribution in [2.45, 2.75) is 110 Å². The molecule has 0 aromatic rings. The topological polar surface area (TPSA) is 12.0 Å². The lowest BCUT2D eigenvalue weighted by molar-refractivity contribution is 0.165. The molecule has 1 rings (SSSR count). The minimum absolute atomic E-state index is 0.660. The minimum Gasteiger partial charge on any atom is -0.319 e. The first-order chi connectivity index (χ1) is 10.3. The highest BCUT2D eigenvalue weighted by molar-refractivity contribution is 4.84. The Morgan fingerprint density at radius 3 is 1.76 bits per heavy atom. The first-order valence-electron chi connectivity index (χ1n) is 9.97. The first-order valence-corrected chi connectivity index (χ1v) is 9.97. The van der Waals surface area contributed by atoms with Gasteiger partial charge in [0.2, 0.25) is 0 Å². The summed E-state index contributed by atoms with van der Waals surface area (Å²) in [5.74, 6) is 0. The quantitative estimate of drug-likeness (QED) is 0.384. The van der Waals surface area contributed by atoms with Crippen LogP contribution in [0.25, 0.3) is 0 Å². The average Bonchev–Trinajstić information content (AvgIpc) is 2.50. The lowest BCUT2D eigenvalue weighted by atomic mass is 9.71. The Morgan fingerprint density at radius 1 is 0.714 bits per heavy atom. The van der Waals surface area contributed by atoms with Crippen LogP contribution in [0, 0.1) is 5.41 Å². The molecule has 1 saturated carbocycles. The van der Waals surface area contributed by atoms with Gasteiger partial charge in [-0.1, -0.05) is 90.4 Å². The van der Waals surface area contributed by atoms with Gasteiger partial charge in [0.15, 0.2) is 0 Å². The van der Waals surface area contributed by atoms with Crippen molar-refractivity contribution in [1.29, 1.82) is 0 Å². The van der Waals surface area contributed by atoms with Gasteiger partial charge in [0.05, 0.1) is 0 Å². The number of unbranched alkanes of at least 4 members (excludes halogenated alkanes) is 9. The van der Waals surface area contributed by atoms with Crippen LogP contribution in [0.1, 0.15) is 110 Å². The molecule has 0 radical (unpaired) electrons. The Morgan fingerprint density at radius 2 is 1.24 bits per heavy atom. The van der Waals surface area contributed by atoms with Crippen molar-refractivity contribution < 1.29 is 0 Å². The maximum absolute atomic E-state index is 3.46. The van der Waals surface area contributed by atoms with Gasteiger partial charge in [-0.05, 0) is 31.7 Å². The van der Waals surface area contributed by atoms with Crippen LogP contribution in [0.2, 0.25) is 0 Å². The van der Waals surface area contributed by atoms with Crippen LogP contribution in [0.15, 0.2) is 0 Å². The molecule has 0 aliphatic heterocycles. The number of hydrogen-bond acceptors (Lipinski definition) is 1. The molecule has 0 aromatic carbocycles. The third-order valence-corrected chi connectivity index (χ3v) is 5.53. The van der Waals surface area contributed by atoms with Crippen LogP contribution in [0.3, 0.4) is 0 Å². The van der Waals surface area contributed by atoms with Gasteiger partial charge in [-0.3, -0.25) is 0 Å². The second-order valence-corrected chi connectivity index (χ2v) is 7.52. The van der Waals surface area contributed by atoms with Crippen molar-refractivity contribution in [2.24, 2.45) is 5.41 Å². The summed E-state index contributed by atoms with van der Waals surface area (Å²) in [6.07, 6.45) is 23.4. The highest BCUT2D eigenvalue weighted by Crippen LogP contribution is 2.40. The summed E-state index contributed by atoms with van der Waals surface area (Å²) in [5, 5.41) is 3.46. The van der Waals surface area contributed by atoms with E-state index in [0.29, 0.717) is 5.41 Å². The van der Waals surface area contributed by atoms with Gasteiger partial charge in [0.25, 0.3) is 0 Å². The Bertz CT molecular complexity index is 212. The monoisotopic (exact) mass is 295 g/mol. The zero-order valence-corrected chi connectivity index (χ0v) is 15.0. The molecule has 0 bridgehead atoms. The third kappa shape index (κ3) is 8.86. The van der Waals surface area contributed by atoms with E-state index in [4.69, 9.17) is 0 Å². The molecule has 21 heavy (non-hydrogen) atoms. The number of hydrogen-bond donors (Lipinski definition) is 1. The molecular formula is C20H41N. The predicted octanol–water partition coefficient (Wildman–Crippen LogP) is 6.47. The lowest BCUT2D eigenvalue weighted by Gasteiger charge is -2.37. The normalized spacial score (nSPS) is 18.0. The lowest BCUT2D eigenvalue weighted by Crippen LogP contribution is -2.34. The summed E-state index contributed by atoms with van der Waals surface area (Å²) < 4.78 is 0. The van der Waals surface area contributed by atoms with E-state index in [1.165, 1.54) is 109 Å². The summed E-state index contributed by atoms with van der Waals surface area (Å²) in [4.78, 5) is 0. The predicted molar refractivity (Wildman–Crippen MR) is 95.9 cm³/mol. The zero-order valence-electron chi connectivity index (χ0n) is 15.0.